The third-order valence-electron chi connectivity index (χ3n) is 5.81. The smallest absolute Gasteiger partial charge is 0.416 e. The van der Waals surface area contributed by atoms with Gasteiger partial charge in [0.15, 0.2) is 0 Å². The minimum atomic E-state index is -4.56. The lowest BCUT2D eigenvalue weighted by atomic mass is 9.85. The molecule has 0 aliphatic heterocycles. The van der Waals surface area contributed by atoms with Crippen LogP contribution in [0.5, 0.6) is 0 Å². The SMILES string of the molecule is O=C(O)C[C@@H](NC(=O)[C@H]1CC[C@H](NS(=O)(=O)c2ccc(C(F)(F)F)cc2)CC1)c1ccccc1. The van der Waals surface area contributed by atoms with Crippen molar-refractivity contribution in [1.82, 2.24) is 10.0 Å². The van der Waals surface area contributed by atoms with E-state index in [-0.39, 0.29) is 17.2 Å². The van der Waals surface area contributed by atoms with Crippen molar-refractivity contribution in [2.24, 2.45) is 5.92 Å². The van der Waals surface area contributed by atoms with Crippen molar-refractivity contribution in [3.63, 3.8) is 0 Å². The zero-order chi connectivity index (χ0) is 24.9. The molecular formula is C23H25F3N2O5S. The van der Waals surface area contributed by atoms with E-state index in [4.69, 9.17) is 0 Å². The van der Waals surface area contributed by atoms with E-state index in [0.717, 1.165) is 24.3 Å². The molecule has 2 aromatic carbocycles. The molecule has 3 rings (SSSR count). The Labute approximate surface area is 195 Å². The summed E-state index contributed by atoms with van der Waals surface area (Å²) in [5, 5.41) is 12.0. The number of aliphatic carboxylic acids is 1. The van der Waals surface area contributed by atoms with Crippen molar-refractivity contribution < 1.29 is 36.3 Å². The lowest BCUT2D eigenvalue weighted by Gasteiger charge is -2.29. The summed E-state index contributed by atoms with van der Waals surface area (Å²) in [6.45, 7) is 0. The van der Waals surface area contributed by atoms with Crippen molar-refractivity contribution >= 4 is 21.9 Å². The largest absolute Gasteiger partial charge is 0.481 e. The maximum absolute atomic E-state index is 12.8. The van der Waals surface area contributed by atoms with Crippen molar-refractivity contribution in [2.45, 2.75) is 55.3 Å². The fourth-order valence-electron chi connectivity index (χ4n) is 3.99. The van der Waals surface area contributed by atoms with E-state index < -0.39 is 45.7 Å². The van der Waals surface area contributed by atoms with E-state index in [1.165, 1.54) is 0 Å². The number of carboxylic acid groups (broad SMARTS) is 1. The average Bonchev–Trinajstić information content (AvgIpc) is 2.78. The normalized spacial score (nSPS) is 19.9. The molecule has 0 spiro atoms. The number of hydrogen-bond acceptors (Lipinski definition) is 4. The summed E-state index contributed by atoms with van der Waals surface area (Å²) in [7, 11) is -4.01. The Bertz CT molecular complexity index is 1100. The molecule has 1 aliphatic rings. The van der Waals surface area contributed by atoms with Gasteiger partial charge in [0.2, 0.25) is 15.9 Å². The summed E-state index contributed by atoms with van der Waals surface area (Å²) in [4.78, 5) is 23.7. The van der Waals surface area contributed by atoms with Crippen LogP contribution in [0.3, 0.4) is 0 Å². The van der Waals surface area contributed by atoms with E-state index >= 15 is 0 Å². The number of hydrogen-bond donors (Lipinski definition) is 3. The molecule has 11 heteroatoms. The summed E-state index contributed by atoms with van der Waals surface area (Å²) in [6, 6.07) is 10.9. The quantitative estimate of drug-likeness (QED) is 0.512. The van der Waals surface area contributed by atoms with Gasteiger partial charge in [0.05, 0.1) is 22.9 Å². The maximum Gasteiger partial charge on any atom is 0.416 e. The molecule has 184 valence electrons. The van der Waals surface area contributed by atoms with Crippen LogP contribution in [0.15, 0.2) is 59.5 Å². The number of alkyl halides is 3. The fraction of sp³-hybridized carbons (Fsp3) is 0.391. The highest BCUT2D eigenvalue weighted by Crippen LogP contribution is 2.30. The highest BCUT2D eigenvalue weighted by molar-refractivity contribution is 7.89. The number of carbonyl (C=O) groups excluding carboxylic acids is 1. The second kappa shape index (κ2) is 10.6. The van der Waals surface area contributed by atoms with Crippen LogP contribution in [-0.2, 0) is 25.8 Å². The molecule has 0 bridgehead atoms. The summed E-state index contributed by atoms with van der Waals surface area (Å²) in [5.74, 6) is -1.73. The van der Waals surface area contributed by atoms with Gasteiger partial charge in [-0.05, 0) is 55.5 Å². The number of sulfonamides is 1. The second-order valence-corrected chi connectivity index (χ2v) is 9.98. The van der Waals surface area contributed by atoms with E-state index in [0.29, 0.717) is 31.2 Å². The molecule has 0 unspecified atom stereocenters. The number of amides is 1. The Morgan fingerprint density at radius 3 is 2.09 bits per heavy atom. The topological polar surface area (TPSA) is 113 Å². The van der Waals surface area contributed by atoms with Crippen molar-refractivity contribution in [3.05, 3.63) is 65.7 Å². The van der Waals surface area contributed by atoms with Gasteiger partial charge < -0.3 is 10.4 Å². The number of rotatable bonds is 8. The van der Waals surface area contributed by atoms with Crippen LogP contribution in [0.4, 0.5) is 13.2 Å². The molecule has 1 atom stereocenters. The van der Waals surface area contributed by atoms with Crippen LogP contribution in [0.2, 0.25) is 0 Å². The maximum atomic E-state index is 12.8. The summed E-state index contributed by atoms with van der Waals surface area (Å²) in [5.41, 5.74) is -0.258. The highest BCUT2D eigenvalue weighted by Gasteiger charge is 2.32. The zero-order valence-corrected chi connectivity index (χ0v) is 18.9. The minimum absolute atomic E-state index is 0.264. The van der Waals surface area contributed by atoms with Crippen molar-refractivity contribution in [3.8, 4) is 0 Å². The predicted octanol–water partition coefficient (Wildman–Crippen LogP) is 3.87. The van der Waals surface area contributed by atoms with Gasteiger partial charge >= 0.3 is 12.1 Å². The van der Waals surface area contributed by atoms with Gasteiger partial charge in [0.25, 0.3) is 0 Å². The van der Waals surface area contributed by atoms with Crippen LogP contribution in [0.1, 0.15) is 49.3 Å². The number of carboxylic acids is 1. The standard InChI is InChI=1S/C23H25F3N2O5S/c24-23(25,26)17-8-12-19(13-9-17)34(32,33)28-18-10-6-16(7-11-18)22(31)27-20(14-21(29)30)15-4-2-1-3-5-15/h1-5,8-9,12-13,16,18,20,28H,6-7,10-11,14H2,(H,27,31)(H,29,30)/t16-,18-,20-/m1/s1. The van der Waals surface area contributed by atoms with Crippen LogP contribution in [0, 0.1) is 5.92 Å². The molecule has 0 aromatic heterocycles. The van der Waals surface area contributed by atoms with E-state index in [1.54, 1.807) is 30.3 Å². The third kappa shape index (κ3) is 6.80. The van der Waals surface area contributed by atoms with E-state index in [1.807, 2.05) is 0 Å². The Balaban J connectivity index is 1.57. The number of benzene rings is 2. The Hall–Kier alpha value is -2.92. The van der Waals surface area contributed by atoms with Gasteiger partial charge in [0, 0.05) is 12.0 Å². The summed E-state index contributed by atoms with van der Waals surface area (Å²) in [6.07, 6.45) is -3.31. The van der Waals surface area contributed by atoms with Gasteiger partial charge in [-0.2, -0.15) is 13.2 Å². The fourth-order valence-corrected chi connectivity index (χ4v) is 5.29. The molecule has 0 saturated heterocycles. The van der Waals surface area contributed by atoms with Crippen molar-refractivity contribution in [2.75, 3.05) is 0 Å². The van der Waals surface area contributed by atoms with E-state index in [9.17, 15) is 36.3 Å². The number of halogens is 3. The van der Waals surface area contributed by atoms with Gasteiger partial charge in [-0.15, -0.1) is 0 Å². The molecule has 1 aliphatic carbocycles. The highest BCUT2D eigenvalue weighted by atomic mass is 32.2. The first-order valence-electron chi connectivity index (χ1n) is 10.7. The van der Waals surface area contributed by atoms with Crippen LogP contribution in [0.25, 0.3) is 0 Å². The van der Waals surface area contributed by atoms with Gasteiger partial charge in [0.1, 0.15) is 0 Å². The summed E-state index contributed by atoms with van der Waals surface area (Å²) >= 11 is 0. The molecule has 2 aromatic rings. The predicted molar refractivity (Wildman–Crippen MR) is 117 cm³/mol. The molecule has 7 nitrogen and oxygen atoms in total. The Morgan fingerprint density at radius 2 is 1.56 bits per heavy atom. The first kappa shape index (κ1) is 25.7. The monoisotopic (exact) mass is 498 g/mol. The lowest BCUT2D eigenvalue weighted by Crippen LogP contribution is -2.41. The zero-order valence-electron chi connectivity index (χ0n) is 18.1. The first-order valence-corrected chi connectivity index (χ1v) is 12.2. The van der Waals surface area contributed by atoms with Crippen LogP contribution in [-0.4, -0.2) is 31.4 Å². The molecule has 1 amide bonds. The average molecular weight is 499 g/mol. The number of nitrogens with one attached hydrogen (secondary N) is 2. The minimum Gasteiger partial charge on any atom is -0.481 e. The van der Waals surface area contributed by atoms with Gasteiger partial charge in [-0.3, -0.25) is 9.59 Å². The van der Waals surface area contributed by atoms with Crippen molar-refractivity contribution in [1.29, 1.82) is 0 Å². The van der Waals surface area contributed by atoms with Gasteiger partial charge in [-0.1, -0.05) is 30.3 Å². The third-order valence-corrected chi connectivity index (χ3v) is 7.35. The number of carbonyl (C=O) groups is 2. The molecule has 3 N–H and O–H groups in total. The molecule has 1 fully saturated rings. The summed E-state index contributed by atoms with van der Waals surface area (Å²) < 4.78 is 65.7. The molecule has 1 saturated carbocycles. The Kier molecular flexibility index (Phi) is 7.98. The molecule has 0 radical (unpaired) electrons. The Morgan fingerprint density at radius 1 is 0.971 bits per heavy atom. The molecule has 34 heavy (non-hydrogen) atoms. The molecular weight excluding hydrogens is 473 g/mol. The van der Waals surface area contributed by atoms with Crippen LogP contribution >= 0.6 is 0 Å². The first-order chi connectivity index (χ1) is 16.0. The molecule has 0 heterocycles. The lowest BCUT2D eigenvalue weighted by molar-refractivity contribution is -0.138. The van der Waals surface area contributed by atoms with E-state index in [2.05, 4.69) is 10.0 Å². The second-order valence-electron chi connectivity index (χ2n) is 8.26. The van der Waals surface area contributed by atoms with Crippen LogP contribution < -0.4 is 10.0 Å². The van der Waals surface area contributed by atoms with Gasteiger partial charge in [-0.25, -0.2) is 13.1 Å².